The van der Waals surface area contributed by atoms with E-state index in [1.54, 1.807) is 0 Å². The number of allylic oxidation sites excluding steroid dienone is 2. The topological polar surface area (TPSA) is 49.9 Å². The van der Waals surface area contributed by atoms with Crippen LogP contribution in [0.2, 0.25) is 0 Å². The standard InChI is InChI=1S/C8H8F6N2/c9-6(10)4(15)3-5(16)8(13,14)2-1-7(3,11)12/h6,16H,1-2,15H2. The van der Waals surface area contributed by atoms with Crippen LogP contribution in [-0.2, 0) is 0 Å². The molecule has 0 spiro atoms. The summed E-state index contributed by atoms with van der Waals surface area (Å²) in [5, 5.41) is 6.83. The largest absolute Gasteiger partial charge is 0.397 e. The number of nitrogens with two attached hydrogens (primary N) is 1. The molecular weight excluding hydrogens is 238 g/mol. The van der Waals surface area contributed by atoms with Gasteiger partial charge in [-0.25, -0.2) is 17.6 Å². The number of alkyl halides is 6. The maximum atomic E-state index is 13.1. The molecule has 0 atom stereocenters. The minimum atomic E-state index is -3.90. The van der Waals surface area contributed by atoms with Gasteiger partial charge in [0, 0.05) is 12.8 Å². The van der Waals surface area contributed by atoms with E-state index in [2.05, 4.69) is 5.73 Å². The summed E-state index contributed by atoms with van der Waals surface area (Å²) >= 11 is 0. The molecule has 0 aromatic heterocycles. The Bertz CT molecular complexity index is 346. The van der Waals surface area contributed by atoms with E-state index in [0.717, 1.165) is 0 Å². The number of hydrogen-bond donors (Lipinski definition) is 2. The van der Waals surface area contributed by atoms with Crippen molar-refractivity contribution in [1.29, 1.82) is 5.41 Å². The average molecular weight is 246 g/mol. The number of nitrogens with one attached hydrogen (secondary N) is 1. The molecule has 2 nitrogen and oxygen atoms in total. The highest BCUT2D eigenvalue weighted by Gasteiger charge is 2.54. The third kappa shape index (κ3) is 2.00. The van der Waals surface area contributed by atoms with Gasteiger partial charge in [0.05, 0.1) is 11.3 Å². The molecule has 16 heavy (non-hydrogen) atoms. The lowest BCUT2D eigenvalue weighted by atomic mass is 9.85. The first-order chi connectivity index (χ1) is 7.09. The average Bonchev–Trinajstić information content (AvgIpc) is 2.13. The summed E-state index contributed by atoms with van der Waals surface area (Å²) in [6.07, 6.45) is -6.04. The van der Waals surface area contributed by atoms with E-state index in [9.17, 15) is 26.3 Å². The van der Waals surface area contributed by atoms with Crippen molar-refractivity contribution in [1.82, 2.24) is 0 Å². The first kappa shape index (κ1) is 12.9. The van der Waals surface area contributed by atoms with Crippen LogP contribution in [0.15, 0.2) is 11.3 Å². The molecule has 3 N–H and O–H groups in total. The van der Waals surface area contributed by atoms with Crippen LogP contribution < -0.4 is 5.73 Å². The zero-order valence-electron chi connectivity index (χ0n) is 7.84. The summed E-state index contributed by atoms with van der Waals surface area (Å²) in [5.74, 6) is -7.74. The lowest BCUT2D eigenvalue weighted by Gasteiger charge is -2.32. The number of hydrogen-bond acceptors (Lipinski definition) is 2. The summed E-state index contributed by atoms with van der Waals surface area (Å²) < 4.78 is 76.3. The van der Waals surface area contributed by atoms with E-state index in [1.807, 2.05) is 0 Å². The third-order valence-corrected chi connectivity index (χ3v) is 2.26. The van der Waals surface area contributed by atoms with Gasteiger partial charge in [-0.2, -0.15) is 8.78 Å². The minimum absolute atomic E-state index is 1.25. The Balaban J connectivity index is 3.30. The molecule has 0 aliphatic heterocycles. The summed E-state index contributed by atoms with van der Waals surface area (Å²) in [7, 11) is 0. The van der Waals surface area contributed by atoms with Crippen LogP contribution in [0.3, 0.4) is 0 Å². The first-order valence-corrected chi connectivity index (χ1v) is 4.23. The van der Waals surface area contributed by atoms with Gasteiger partial charge in [-0.05, 0) is 0 Å². The Morgan fingerprint density at radius 2 is 1.56 bits per heavy atom. The Hall–Kier alpha value is -1.21. The third-order valence-electron chi connectivity index (χ3n) is 2.26. The van der Waals surface area contributed by atoms with E-state index < -0.39 is 48.1 Å². The first-order valence-electron chi connectivity index (χ1n) is 4.23. The van der Waals surface area contributed by atoms with Crippen LogP contribution in [-0.4, -0.2) is 24.0 Å². The fourth-order valence-electron chi connectivity index (χ4n) is 1.39. The molecule has 1 fully saturated rings. The van der Waals surface area contributed by atoms with Crippen molar-refractivity contribution >= 4 is 5.71 Å². The molecule has 1 aliphatic carbocycles. The van der Waals surface area contributed by atoms with Gasteiger partial charge in [-0.3, -0.25) is 5.41 Å². The van der Waals surface area contributed by atoms with Crippen LogP contribution >= 0.6 is 0 Å². The van der Waals surface area contributed by atoms with Crippen molar-refractivity contribution in [3.8, 4) is 0 Å². The van der Waals surface area contributed by atoms with Gasteiger partial charge >= 0.3 is 0 Å². The quantitative estimate of drug-likeness (QED) is 0.686. The van der Waals surface area contributed by atoms with Crippen LogP contribution in [0, 0.1) is 5.41 Å². The summed E-state index contributed by atoms with van der Waals surface area (Å²) in [6, 6.07) is 0. The van der Waals surface area contributed by atoms with E-state index >= 15 is 0 Å². The van der Waals surface area contributed by atoms with Crippen LogP contribution in [0.5, 0.6) is 0 Å². The summed E-state index contributed by atoms with van der Waals surface area (Å²) in [5.41, 5.74) is -0.559. The Morgan fingerprint density at radius 1 is 1.12 bits per heavy atom. The van der Waals surface area contributed by atoms with E-state index in [4.69, 9.17) is 5.41 Å². The van der Waals surface area contributed by atoms with Crippen molar-refractivity contribution < 1.29 is 26.3 Å². The van der Waals surface area contributed by atoms with Gasteiger partial charge in [-0.1, -0.05) is 0 Å². The molecule has 0 aromatic rings. The van der Waals surface area contributed by atoms with E-state index in [-0.39, 0.29) is 0 Å². The van der Waals surface area contributed by atoms with Crippen molar-refractivity contribution in [2.75, 3.05) is 0 Å². The second-order valence-electron chi connectivity index (χ2n) is 3.41. The van der Waals surface area contributed by atoms with Crippen molar-refractivity contribution in [3.05, 3.63) is 11.3 Å². The van der Waals surface area contributed by atoms with Crippen LogP contribution in [0.1, 0.15) is 12.8 Å². The van der Waals surface area contributed by atoms with Crippen molar-refractivity contribution in [2.24, 2.45) is 5.73 Å². The van der Waals surface area contributed by atoms with Gasteiger partial charge in [0.15, 0.2) is 0 Å². The molecule has 1 rings (SSSR count). The van der Waals surface area contributed by atoms with Crippen LogP contribution in [0.25, 0.3) is 0 Å². The predicted octanol–water partition coefficient (Wildman–Crippen LogP) is 2.55. The minimum Gasteiger partial charge on any atom is -0.397 e. The molecule has 92 valence electrons. The van der Waals surface area contributed by atoms with Crippen molar-refractivity contribution in [2.45, 2.75) is 31.1 Å². The zero-order chi connectivity index (χ0) is 12.7. The molecule has 0 radical (unpaired) electrons. The second-order valence-corrected chi connectivity index (χ2v) is 3.41. The second kappa shape index (κ2) is 3.67. The van der Waals surface area contributed by atoms with Gasteiger partial charge < -0.3 is 5.73 Å². The lowest BCUT2D eigenvalue weighted by molar-refractivity contribution is -0.0275. The Morgan fingerprint density at radius 3 is 2.00 bits per heavy atom. The smallest absolute Gasteiger partial charge is 0.289 e. The number of rotatable bonds is 1. The monoisotopic (exact) mass is 246 g/mol. The maximum Gasteiger partial charge on any atom is 0.289 e. The van der Waals surface area contributed by atoms with E-state index in [0.29, 0.717) is 0 Å². The fourth-order valence-corrected chi connectivity index (χ4v) is 1.39. The fraction of sp³-hybridized carbons (Fsp3) is 0.625. The highest BCUT2D eigenvalue weighted by Crippen LogP contribution is 2.44. The zero-order valence-corrected chi connectivity index (χ0v) is 7.84. The predicted molar refractivity (Wildman–Crippen MR) is 44.1 cm³/mol. The molecule has 1 aliphatic rings. The molecule has 0 bridgehead atoms. The molecule has 0 unspecified atom stereocenters. The number of halogens is 6. The highest BCUT2D eigenvalue weighted by molar-refractivity contribution is 6.05. The Labute approximate surface area is 86.6 Å². The molecule has 1 saturated carbocycles. The SMILES string of the molecule is N=C1C(=C(N)C(F)F)C(F)(F)CCC1(F)F. The van der Waals surface area contributed by atoms with Crippen molar-refractivity contribution in [3.63, 3.8) is 0 Å². The Kier molecular flexibility index (Phi) is 2.95. The summed E-state index contributed by atoms with van der Waals surface area (Å²) in [6.45, 7) is 0. The molecule has 0 amide bonds. The lowest BCUT2D eigenvalue weighted by Crippen LogP contribution is -2.45. The highest BCUT2D eigenvalue weighted by atomic mass is 19.3. The van der Waals surface area contributed by atoms with Gasteiger partial charge in [0.2, 0.25) is 0 Å². The van der Waals surface area contributed by atoms with Gasteiger partial charge in [-0.15, -0.1) is 0 Å². The molecular formula is C8H8F6N2. The van der Waals surface area contributed by atoms with E-state index in [1.165, 1.54) is 0 Å². The van der Waals surface area contributed by atoms with Crippen LogP contribution in [0.4, 0.5) is 26.3 Å². The summed E-state index contributed by atoms with van der Waals surface area (Å²) in [4.78, 5) is 0. The molecule has 0 aromatic carbocycles. The molecule has 0 heterocycles. The molecule has 0 saturated heterocycles. The van der Waals surface area contributed by atoms with Gasteiger partial charge in [0.1, 0.15) is 5.71 Å². The van der Waals surface area contributed by atoms with Gasteiger partial charge in [0.25, 0.3) is 18.3 Å². The molecule has 8 heteroatoms. The maximum absolute atomic E-state index is 13.1. The normalized spacial score (nSPS) is 27.1.